The quantitative estimate of drug-likeness (QED) is 0.410. The first kappa shape index (κ1) is 19.1. The molecule has 2 aromatic carbocycles. The zero-order chi connectivity index (χ0) is 20.7. The van der Waals surface area contributed by atoms with Gasteiger partial charge in [0.25, 0.3) is 11.8 Å². The van der Waals surface area contributed by atoms with Gasteiger partial charge in [-0.25, -0.2) is 0 Å². The van der Waals surface area contributed by atoms with Gasteiger partial charge in [0.1, 0.15) is 5.57 Å². The molecule has 0 atom stereocenters. The predicted molar refractivity (Wildman–Crippen MR) is 119 cm³/mol. The summed E-state index contributed by atoms with van der Waals surface area (Å²) in [5.74, 6) is -0.822. The molecular formula is C23H21N3O2S. The van der Waals surface area contributed by atoms with Gasteiger partial charge in [-0.1, -0.05) is 30.3 Å². The number of hydrogen-bond donors (Lipinski definition) is 1. The van der Waals surface area contributed by atoms with Gasteiger partial charge in [-0.05, 0) is 73.6 Å². The van der Waals surface area contributed by atoms with Gasteiger partial charge in [-0.15, -0.1) is 0 Å². The first-order valence-electron chi connectivity index (χ1n) is 9.47. The van der Waals surface area contributed by atoms with E-state index in [-0.39, 0.29) is 16.6 Å². The van der Waals surface area contributed by atoms with Gasteiger partial charge >= 0.3 is 0 Å². The number of thiocarbonyl (C=S) groups is 1. The normalized spacial score (nSPS) is 16.0. The third-order valence-electron chi connectivity index (χ3n) is 5.26. The Bertz CT molecular complexity index is 1210. The van der Waals surface area contributed by atoms with Crippen LogP contribution in [-0.2, 0) is 9.59 Å². The van der Waals surface area contributed by atoms with E-state index in [4.69, 9.17) is 12.2 Å². The van der Waals surface area contributed by atoms with E-state index in [1.54, 1.807) is 6.08 Å². The molecule has 2 heterocycles. The molecule has 5 nitrogen and oxygen atoms in total. The Balaban J connectivity index is 1.79. The zero-order valence-electron chi connectivity index (χ0n) is 16.5. The summed E-state index contributed by atoms with van der Waals surface area (Å²) in [6, 6.07) is 16.5. The lowest BCUT2D eigenvalue weighted by Gasteiger charge is -2.27. The van der Waals surface area contributed by atoms with Crippen molar-refractivity contribution in [2.24, 2.45) is 0 Å². The fourth-order valence-electron chi connectivity index (χ4n) is 3.78. The topological polar surface area (TPSA) is 54.3 Å². The van der Waals surface area contributed by atoms with Crippen LogP contribution < -0.4 is 5.32 Å². The molecule has 4 rings (SSSR count). The summed E-state index contributed by atoms with van der Waals surface area (Å²) in [5.41, 5.74) is 3.95. The molecule has 29 heavy (non-hydrogen) atoms. The van der Waals surface area contributed by atoms with Gasteiger partial charge in [0.2, 0.25) is 0 Å². The number of amides is 2. The lowest BCUT2D eigenvalue weighted by molar-refractivity contribution is -0.128. The zero-order valence-corrected chi connectivity index (χ0v) is 17.3. The maximum atomic E-state index is 12.7. The summed E-state index contributed by atoms with van der Waals surface area (Å²) < 4.78 is 2.13. The number of nitrogens with zero attached hydrogens (tertiary/aromatic N) is 2. The SMILES string of the molecule is CCN1C(=O)/C(=C/c2cc(C)n(-c3ccc4ccccc4c3)c2C)C(=O)NC1=S. The second kappa shape index (κ2) is 7.29. The second-order valence-corrected chi connectivity index (χ2v) is 7.45. The first-order chi connectivity index (χ1) is 13.9. The highest BCUT2D eigenvalue weighted by atomic mass is 32.1. The molecule has 1 aliphatic heterocycles. The van der Waals surface area contributed by atoms with Gasteiger partial charge in [0.15, 0.2) is 5.11 Å². The molecule has 1 aromatic heterocycles. The van der Waals surface area contributed by atoms with E-state index in [9.17, 15) is 9.59 Å². The standard InChI is InChI=1S/C23H21N3O2S/c1-4-25-22(28)20(21(27)24-23(25)29)13-18-11-14(2)26(15(18)3)19-10-9-16-7-5-6-8-17(16)12-19/h5-13H,4H2,1-3H3,(H,24,27,29)/b20-13+. The molecule has 6 heteroatoms. The Hall–Kier alpha value is -3.25. The van der Waals surface area contributed by atoms with Crippen LogP contribution in [0.25, 0.3) is 22.5 Å². The van der Waals surface area contributed by atoms with Crippen molar-refractivity contribution in [3.05, 3.63) is 71.1 Å². The van der Waals surface area contributed by atoms with Gasteiger partial charge < -0.3 is 4.57 Å². The number of hydrogen-bond acceptors (Lipinski definition) is 3. The van der Waals surface area contributed by atoms with Crippen LogP contribution in [-0.4, -0.2) is 32.9 Å². The summed E-state index contributed by atoms with van der Waals surface area (Å²) in [7, 11) is 0. The maximum absolute atomic E-state index is 12.7. The molecule has 0 saturated carbocycles. The van der Waals surface area contributed by atoms with Crippen LogP contribution >= 0.6 is 12.2 Å². The number of nitrogens with one attached hydrogen (secondary N) is 1. The minimum absolute atomic E-state index is 0.0965. The van der Waals surface area contributed by atoms with Crippen LogP contribution in [0.1, 0.15) is 23.9 Å². The maximum Gasteiger partial charge on any atom is 0.265 e. The van der Waals surface area contributed by atoms with Gasteiger partial charge in [0.05, 0.1) is 0 Å². The fourth-order valence-corrected chi connectivity index (χ4v) is 4.09. The van der Waals surface area contributed by atoms with E-state index in [1.165, 1.54) is 10.3 Å². The summed E-state index contributed by atoms with van der Waals surface area (Å²) in [6.45, 7) is 6.23. The molecule has 2 amide bonds. The summed E-state index contributed by atoms with van der Waals surface area (Å²) in [5, 5.41) is 5.09. The monoisotopic (exact) mass is 403 g/mol. The highest BCUT2D eigenvalue weighted by Gasteiger charge is 2.32. The largest absolute Gasteiger partial charge is 0.318 e. The van der Waals surface area contributed by atoms with E-state index in [2.05, 4.69) is 40.2 Å². The molecule has 1 saturated heterocycles. The molecule has 146 valence electrons. The molecule has 1 aliphatic rings. The minimum Gasteiger partial charge on any atom is -0.318 e. The van der Waals surface area contributed by atoms with Gasteiger partial charge in [0, 0.05) is 23.6 Å². The van der Waals surface area contributed by atoms with E-state index in [0.29, 0.717) is 6.54 Å². The molecule has 0 unspecified atom stereocenters. The molecular weight excluding hydrogens is 382 g/mol. The van der Waals surface area contributed by atoms with E-state index < -0.39 is 5.91 Å². The Morgan fingerprint density at radius 3 is 2.48 bits per heavy atom. The number of carbonyl (C=O) groups excluding carboxylic acids is 2. The van der Waals surface area contributed by atoms with Crippen molar-refractivity contribution in [1.29, 1.82) is 0 Å². The minimum atomic E-state index is -0.458. The molecule has 3 aromatic rings. The second-order valence-electron chi connectivity index (χ2n) is 7.06. The lowest BCUT2D eigenvalue weighted by atomic mass is 10.1. The molecule has 0 radical (unpaired) electrons. The predicted octanol–water partition coefficient (Wildman–Crippen LogP) is 3.89. The fraction of sp³-hybridized carbons (Fsp3) is 0.174. The Morgan fingerprint density at radius 2 is 1.76 bits per heavy atom. The Kier molecular flexibility index (Phi) is 4.80. The Morgan fingerprint density at radius 1 is 1.03 bits per heavy atom. The summed E-state index contributed by atoms with van der Waals surface area (Å²) >= 11 is 5.09. The average molecular weight is 404 g/mol. The Labute approximate surface area is 174 Å². The molecule has 0 bridgehead atoms. The highest BCUT2D eigenvalue weighted by molar-refractivity contribution is 7.80. The number of carbonyl (C=O) groups is 2. The number of fused-ring (bicyclic) bond motifs is 1. The van der Waals surface area contributed by atoms with E-state index in [0.717, 1.165) is 28.0 Å². The average Bonchev–Trinajstić information content (AvgIpc) is 2.98. The number of rotatable bonds is 3. The van der Waals surface area contributed by atoms with Crippen molar-refractivity contribution < 1.29 is 9.59 Å². The van der Waals surface area contributed by atoms with Crippen molar-refractivity contribution in [1.82, 2.24) is 14.8 Å². The van der Waals surface area contributed by atoms with Gasteiger partial charge in [-0.2, -0.15) is 0 Å². The lowest BCUT2D eigenvalue weighted by Crippen LogP contribution is -2.53. The van der Waals surface area contributed by atoms with E-state index in [1.807, 2.05) is 39.0 Å². The highest BCUT2D eigenvalue weighted by Crippen LogP contribution is 2.26. The molecule has 1 N–H and O–H groups in total. The third-order valence-corrected chi connectivity index (χ3v) is 5.59. The molecule has 0 spiro atoms. The summed E-state index contributed by atoms with van der Waals surface area (Å²) in [6.07, 6.45) is 1.65. The van der Waals surface area contributed by atoms with Crippen LogP contribution in [0.2, 0.25) is 0 Å². The van der Waals surface area contributed by atoms with Crippen LogP contribution in [0.3, 0.4) is 0 Å². The number of aromatic nitrogens is 1. The summed E-state index contributed by atoms with van der Waals surface area (Å²) in [4.78, 5) is 26.5. The first-order valence-corrected chi connectivity index (χ1v) is 9.88. The van der Waals surface area contributed by atoms with Crippen LogP contribution in [0.4, 0.5) is 0 Å². The molecule has 0 aliphatic carbocycles. The smallest absolute Gasteiger partial charge is 0.265 e. The van der Waals surface area contributed by atoms with Crippen molar-refractivity contribution >= 4 is 46.0 Å². The van der Waals surface area contributed by atoms with Crippen molar-refractivity contribution in [3.63, 3.8) is 0 Å². The molecule has 1 fully saturated rings. The van der Waals surface area contributed by atoms with Crippen molar-refractivity contribution in [2.45, 2.75) is 20.8 Å². The number of benzene rings is 2. The number of aryl methyl sites for hydroxylation is 1. The number of likely N-dealkylation sites (N-methyl/N-ethyl adjacent to an activating group) is 1. The van der Waals surface area contributed by atoms with Crippen molar-refractivity contribution in [2.75, 3.05) is 6.54 Å². The van der Waals surface area contributed by atoms with Crippen LogP contribution in [0.5, 0.6) is 0 Å². The van der Waals surface area contributed by atoms with E-state index >= 15 is 0 Å². The van der Waals surface area contributed by atoms with Crippen LogP contribution in [0, 0.1) is 13.8 Å². The van der Waals surface area contributed by atoms with Crippen LogP contribution in [0.15, 0.2) is 54.1 Å². The van der Waals surface area contributed by atoms with Gasteiger partial charge in [-0.3, -0.25) is 19.8 Å². The van der Waals surface area contributed by atoms with Crippen molar-refractivity contribution in [3.8, 4) is 5.69 Å². The third kappa shape index (κ3) is 3.25.